The fraction of sp³-hybridized carbons (Fsp3) is 0.357. The van der Waals surface area contributed by atoms with Crippen molar-refractivity contribution in [3.8, 4) is 23.1 Å². The highest BCUT2D eigenvalue weighted by atomic mass is 35.5. The molecule has 0 amide bonds. The van der Waals surface area contributed by atoms with Gasteiger partial charge in [0, 0.05) is 0 Å². The molecule has 0 unspecified atom stereocenters. The van der Waals surface area contributed by atoms with Crippen molar-refractivity contribution in [1.82, 2.24) is 15.0 Å². The Morgan fingerprint density at radius 2 is 1.85 bits per heavy atom. The van der Waals surface area contributed by atoms with Gasteiger partial charge in [-0.15, -0.1) is 0 Å². The maximum Gasteiger partial charge on any atom is 0.321 e. The van der Waals surface area contributed by atoms with Crippen molar-refractivity contribution in [2.75, 3.05) is 13.2 Å². The zero-order valence-corrected chi connectivity index (χ0v) is 12.2. The summed E-state index contributed by atoms with van der Waals surface area (Å²) in [6.07, 6.45) is 0.869. The van der Waals surface area contributed by atoms with Gasteiger partial charge in [-0.3, -0.25) is 0 Å². The molecule has 0 saturated heterocycles. The Labute approximate surface area is 123 Å². The van der Waals surface area contributed by atoms with Crippen molar-refractivity contribution in [3.63, 3.8) is 0 Å². The highest BCUT2D eigenvalue weighted by Gasteiger charge is 2.12. The first kappa shape index (κ1) is 14.5. The van der Waals surface area contributed by atoms with Gasteiger partial charge in [-0.25, -0.2) is 0 Å². The van der Waals surface area contributed by atoms with E-state index in [4.69, 9.17) is 21.1 Å². The van der Waals surface area contributed by atoms with Crippen LogP contribution in [0, 0.1) is 0 Å². The Hall–Kier alpha value is -1.88. The average molecular weight is 294 g/mol. The van der Waals surface area contributed by atoms with E-state index in [1.165, 1.54) is 0 Å². The van der Waals surface area contributed by atoms with Gasteiger partial charge >= 0.3 is 6.01 Å². The molecular weight excluding hydrogens is 278 g/mol. The van der Waals surface area contributed by atoms with Gasteiger partial charge in [0.05, 0.1) is 18.8 Å². The lowest BCUT2D eigenvalue weighted by Crippen LogP contribution is -2.03. The van der Waals surface area contributed by atoms with Crippen molar-refractivity contribution < 1.29 is 9.47 Å². The number of benzene rings is 1. The highest BCUT2D eigenvalue weighted by molar-refractivity contribution is 6.28. The lowest BCUT2D eigenvalue weighted by atomic mass is 10.2. The van der Waals surface area contributed by atoms with Gasteiger partial charge in [-0.05, 0) is 37.1 Å². The van der Waals surface area contributed by atoms with Gasteiger partial charge in [0.1, 0.15) is 5.75 Å². The molecule has 5 nitrogen and oxygen atoms in total. The molecule has 1 aromatic heterocycles. The maximum atomic E-state index is 5.93. The Morgan fingerprint density at radius 3 is 2.60 bits per heavy atom. The number of hydrogen-bond acceptors (Lipinski definition) is 5. The largest absolute Gasteiger partial charge is 0.493 e. The van der Waals surface area contributed by atoms with Gasteiger partial charge in [0.2, 0.25) is 5.28 Å². The monoisotopic (exact) mass is 293 g/mol. The highest BCUT2D eigenvalue weighted by Crippen LogP contribution is 2.28. The minimum Gasteiger partial charge on any atom is -0.493 e. The summed E-state index contributed by atoms with van der Waals surface area (Å²) < 4.78 is 11.0. The van der Waals surface area contributed by atoms with Crippen LogP contribution >= 0.6 is 11.6 Å². The van der Waals surface area contributed by atoms with E-state index in [1.54, 1.807) is 0 Å². The molecule has 2 aromatic rings. The minimum atomic E-state index is 0.104. The van der Waals surface area contributed by atoms with E-state index in [1.807, 2.05) is 38.1 Å². The number of aromatic nitrogens is 3. The number of halogens is 1. The smallest absolute Gasteiger partial charge is 0.321 e. The molecule has 0 aliphatic rings. The molecule has 0 radical (unpaired) electrons. The van der Waals surface area contributed by atoms with E-state index in [9.17, 15) is 0 Å². The number of rotatable bonds is 6. The van der Waals surface area contributed by atoms with E-state index in [2.05, 4.69) is 15.0 Å². The van der Waals surface area contributed by atoms with Crippen LogP contribution in [0.2, 0.25) is 5.28 Å². The third-order valence-corrected chi connectivity index (χ3v) is 2.62. The summed E-state index contributed by atoms with van der Waals surface area (Å²) in [4.78, 5) is 12.4. The summed E-state index contributed by atoms with van der Waals surface area (Å²) in [6, 6.07) is 7.75. The minimum absolute atomic E-state index is 0.104. The zero-order valence-electron chi connectivity index (χ0n) is 11.5. The summed E-state index contributed by atoms with van der Waals surface area (Å²) in [7, 11) is 0. The van der Waals surface area contributed by atoms with Crippen LogP contribution in [0.3, 0.4) is 0 Å². The Bertz CT molecular complexity index is 578. The second-order valence-corrected chi connectivity index (χ2v) is 4.33. The lowest BCUT2D eigenvalue weighted by molar-refractivity contribution is 0.291. The first-order valence-electron chi connectivity index (χ1n) is 6.51. The third-order valence-electron chi connectivity index (χ3n) is 2.45. The van der Waals surface area contributed by atoms with E-state index < -0.39 is 0 Å². The van der Waals surface area contributed by atoms with Crippen LogP contribution in [0.25, 0.3) is 11.4 Å². The summed E-state index contributed by atoms with van der Waals surface area (Å²) >= 11 is 5.93. The topological polar surface area (TPSA) is 57.1 Å². The van der Waals surface area contributed by atoms with Crippen LogP contribution in [-0.2, 0) is 0 Å². The SMILES string of the molecule is CCCOc1nc(Cl)nc(-c2ccccc2OCC)n1. The summed E-state index contributed by atoms with van der Waals surface area (Å²) in [5.41, 5.74) is 0.764. The molecule has 0 aliphatic carbocycles. The molecule has 0 bridgehead atoms. The normalized spacial score (nSPS) is 10.3. The third kappa shape index (κ3) is 3.57. The molecule has 2 rings (SSSR count). The molecule has 0 atom stereocenters. The molecule has 20 heavy (non-hydrogen) atoms. The first-order valence-corrected chi connectivity index (χ1v) is 6.89. The molecule has 0 aliphatic heterocycles. The van der Waals surface area contributed by atoms with Gasteiger partial charge in [-0.1, -0.05) is 19.1 Å². The van der Waals surface area contributed by atoms with E-state index in [0.29, 0.717) is 24.8 Å². The summed E-state index contributed by atoms with van der Waals surface area (Å²) in [6.45, 7) is 5.03. The fourth-order valence-corrected chi connectivity index (χ4v) is 1.80. The van der Waals surface area contributed by atoms with E-state index in [0.717, 1.165) is 12.0 Å². The van der Waals surface area contributed by atoms with Crippen LogP contribution in [0.4, 0.5) is 0 Å². The molecule has 0 saturated carbocycles. The van der Waals surface area contributed by atoms with Crippen LogP contribution in [0.1, 0.15) is 20.3 Å². The first-order chi connectivity index (χ1) is 9.74. The van der Waals surface area contributed by atoms with E-state index in [-0.39, 0.29) is 11.3 Å². The molecule has 0 spiro atoms. The number of nitrogens with zero attached hydrogens (tertiary/aromatic N) is 3. The van der Waals surface area contributed by atoms with Crippen LogP contribution < -0.4 is 9.47 Å². The van der Waals surface area contributed by atoms with Crippen LogP contribution in [-0.4, -0.2) is 28.2 Å². The molecular formula is C14H16ClN3O2. The standard InChI is InChI=1S/C14H16ClN3O2/c1-3-9-20-14-17-12(16-13(15)18-14)10-7-5-6-8-11(10)19-4-2/h5-8H,3-4,9H2,1-2H3. The maximum absolute atomic E-state index is 5.93. The number of hydrogen-bond donors (Lipinski definition) is 0. The van der Waals surface area contributed by atoms with Crippen molar-refractivity contribution in [2.45, 2.75) is 20.3 Å². The number of ether oxygens (including phenoxy) is 2. The van der Waals surface area contributed by atoms with Crippen molar-refractivity contribution in [3.05, 3.63) is 29.5 Å². The molecule has 6 heteroatoms. The molecule has 1 aromatic carbocycles. The Morgan fingerprint density at radius 1 is 1.05 bits per heavy atom. The Kier molecular flexibility index (Phi) is 5.12. The van der Waals surface area contributed by atoms with Gasteiger partial charge < -0.3 is 9.47 Å². The van der Waals surface area contributed by atoms with Gasteiger partial charge in [-0.2, -0.15) is 15.0 Å². The predicted molar refractivity (Wildman–Crippen MR) is 77.2 cm³/mol. The van der Waals surface area contributed by atoms with Gasteiger partial charge in [0.15, 0.2) is 5.82 Å². The predicted octanol–water partition coefficient (Wildman–Crippen LogP) is 3.38. The van der Waals surface area contributed by atoms with Gasteiger partial charge in [0.25, 0.3) is 0 Å². The van der Waals surface area contributed by atoms with Crippen molar-refractivity contribution >= 4 is 11.6 Å². The molecule has 0 N–H and O–H groups in total. The van der Waals surface area contributed by atoms with Crippen molar-refractivity contribution in [2.24, 2.45) is 0 Å². The second-order valence-electron chi connectivity index (χ2n) is 3.99. The summed E-state index contributed by atoms with van der Waals surface area (Å²) in [5, 5.41) is 0.104. The quantitative estimate of drug-likeness (QED) is 0.817. The number of para-hydroxylation sites is 1. The summed E-state index contributed by atoms with van der Waals surface area (Å²) in [5.74, 6) is 1.15. The molecule has 106 valence electrons. The van der Waals surface area contributed by atoms with Crippen LogP contribution in [0.5, 0.6) is 11.8 Å². The Balaban J connectivity index is 2.39. The zero-order chi connectivity index (χ0) is 14.4. The van der Waals surface area contributed by atoms with Crippen LogP contribution in [0.15, 0.2) is 24.3 Å². The molecule has 0 fully saturated rings. The van der Waals surface area contributed by atoms with E-state index >= 15 is 0 Å². The van der Waals surface area contributed by atoms with Crippen molar-refractivity contribution in [1.29, 1.82) is 0 Å². The lowest BCUT2D eigenvalue weighted by Gasteiger charge is -2.10. The second kappa shape index (κ2) is 7.05. The average Bonchev–Trinajstić information content (AvgIpc) is 2.45. The molecule has 1 heterocycles. The fourth-order valence-electron chi connectivity index (χ4n) is 1.64.